The van der Waals surface area contributed by atoms with Crippen molar-refractivity contribution >= 4 is 29.3 Å². The van der Waals surface area contributed by atoms with E-state index >= 15 is 0 Å². The van der Waals surface area contributed by atoms with Gasteiger partial charge in [-0.1, -0.05) is 30.0 Å². The Balaban J connectivity index is 1.81. The number of amides is 2. The normalized spacial score (nSPS) is 20.1. The number of pyridine rings is 1. The van der Waals surface area contributed by atoms with E-state index in [4.69, 9.17) is 0 Å². The lowest BCUT2D eigenvalue weighted by Crippen LogP contribution is -2.55. The Morgan fingerprint density at radius 2 is 2.09 bits per heavy atom. The molecule has 3 rings (SSSR count). The van der Waals surface area contributed by atoms with Crippen LogP contribution in [0.25, 0.3) is 0 Å². The molecule has 0 unspecified atom stereocenters. The largest absolute Gasteiger partial charge is 0.350 e. The van der Waals surface area contributed by atoms with Gasteiger partial charge < -0.3 is 10.2 Å². The molecule has 23 heavy (non-hydrogen) atoms. The predicted molar refractivity (Wildman–Crippen MR) is 90.2 cm³/mol. The summed E-state index contributed by atoms with van der Waals surface area (Å²) in [5.41, 5.74) is 1.73. The number of aromatic nitrogens is 1. The Kier molecular flexibility index (Phi) is 4.09. The number of nitrogens with one attached hydrogen (secondary N) is 1. The Morgan fingerprint density at radius 3 is 2.83 bits per heavy atom. The van der Waals surface area contributed by atoms with Crippen molar-refractivity contribution in [2.24, 2.45) is 0 Å². The lowest BCUT2D eigenvalue weighted by molar-refractivity contribution is -0.131. The SMILES string of the molecule is CN1C(=O)[C@](C)(C(=O)NCc2cccnc2)Sc2ccccc21. The van der Waals surface area contributed by atoms with Gasteiger partial charge in [-0.2, -0.15) is 0 Å². The first-order valence-corrected chi connectivity index (χ1v) is 8.07. The molecule has 0 radical (unpaired) electrons. The van der Waals surface area contributed by atoms with E-state index in [9.17, 15) is 9.59 Å². The van der Waals surface area contributed by atoms with Gasteiger partial charge in [0.15, 0.2) is 4.75 Å². The van der Waals surface area contributed by atoms with Crippen LogP contribution in [0.1, 0.15) is 12.5 Å². The molecule has 1 aromatic carbocycles. The van der Waals surface area contributed by atoms with Gasteiger partial charge in [0.05, 0.1) is 5.69 Å². The van der Waals surface area contributed by atoms with E-state index in [1.54, 1.807) is 31.3 Å². The summed E-state index contributed by atoms with van der Waals surface area (Å²) in [6.07, 6.45) is 3.37. The van der Waals surface area contributed by atoms with Crippen LogP contribution in [0, 0.1) is 0 Å². The summed E-state index contributed by atoms with van der Waals surface area (Å²) in [6.45, 7) is 2.02. The van der Waals surface area contributed by atoms with E-state index in [1.807, 2.05) is 36.4 Å². The third kappa shape index (κ3) is 2.82. The van der Waals surface area contributed by atoms with Crippen molar-refractivity contribution in [3.05, 3.63) is 54.4 Å². The number of carbonyl (C=O) groups is 2. The first kappa shape index (κ1) is 15.6. The van der Waals surface area contributed by atoms with E-state index in [-0.39, 0.29) is 11.8 Å². The lowest BCUT2D eigenvalue weighted by atomic mass is 10.1. The molecule has 5 nitrogen and oxygen atoms in total. The maximum Gasteiger partial charge on any atom is 0.252 e. The fourth-order valence-corrected chi connectivity index (χ4v) is 3.80. The van der Waals surface area contributed by atoms with Crippen molar-refractivity contribution in [1.82, 2.24) is 10.3 Å². The van der Waals surface area contributed by atoms with Gasteiger partial charge in [0, 0.05) is 30.9 Å². The van der Waals surface area contributed by atoms with Crippen LogP contribution < -0.4 is 10.2 Å². The Morgan fingerprint density at radius 1 is 1.30 bits per heavy atom. The number of benzene rings is 1. The van der Waals surface area contributed by atoms with E-state index in [0.717, 1.165) is 16.1 Å². The fourth-order valence-electron chi connectivity index (χ4n) is 2.51. The van der Waals surface area contributed by atoms with Crippen molar-refractivity contribution in [2.75, 3.05) is 11.9 Å². The summed E-state index contributed by atoms with van der Waals surface area (Å²) in [5.74, 6) is -0.511. The van der Waals surface area contributed by atoms with Crippen LogP contribution >= 0.6 is 11.8 Å². The number of fused-ring (bicyclic) bond motifs is 1. The van der Waals surface area contributed by atoms with Gasteiger partial charge in [0.1, 0.15) is 0 Å². The van der Waals surface area contributed by atoms with Gasteiger partial charge in [0.2, 0.25) is 5.91 Å². The zero-order valence-corrected chi connectivity index (χ0v) is 13.8. The first-order valence-electron chi connectivity index (χ1n) is 7.26. The third-order valence-corrected chi connectivity index (χ3v) is 5.20. The summed E-state index contributed by atoms with van der Waals surface area (Å²) in [7, 11) is 1.70. The zero-order valence-electron chi connectivity index (χ0n) is 12.9. The number of anilines is 1. The molecule has 1 atom stereocenters. The molecular weight excluding hydrogens is 310 g/mol. The third-order valence-electron chi connectivity index (χ3n) is 3.86. The molecule has 2 aromatic rings. The van der Waals surface area contributed by atoms with E-state index in [2.05, 4.69) is 10.3 Å². The minimum absolute atomic E-state index is 0.218. The second kappa shape index (κ2) is 6.04. The number of hydrogen-bond donors (Lipinski definition) is 1. The van der Waals surface area contributed by atoms with Crippen LogP contribution in [0.3, 0.4) is 0 Å². The molecule has 0 spiro atoms. The molecule has 2 heterocycles. The van der Waals surface area contributed by atoms with Crippen molar-refractivity contribution in [1.29, 1.82) is 0 Å². The van der Waals surface area contributed by atoms with Crippen molar-refractivity contribution < 1.29 is 9.59 Å². The van der Waals surface area contributed by atoms with Gasteiger partial charge in [-0.05, 0) is 30.7 Å². The van der Waals surface area contributed by atoms with Gasteiger partial charge in [-0.15, -0.1) is 0 Å². The van der Waals surface area contributed by atoms with E-state index < -0.39 is 4.75 Å². The fraction of sp³-hybridized carbons (Fsp3) is 0.235. The Labute approximate surface area is 139 Å². The molecule has 2 amide bonds. The predicted octanol–water partition coefficient (Wildman–Crippen LogP) is 2.23. The average Bonchev–Trinajstić information content (AvgIpc) is 2.58. The zero-order chi connectivity index (χ0) is 16.4. The van der Waals surface area contributed by atoms with Crippen LogP contribution in [0.15, 0.2) is 53.7 Å². The van der Waals surface area contributed by atoms with Crippen LogP contribution in [-0.2, 0) is 16.1 Å². The second-order valence-corrected chi connectivity index (χ2v) is 6.97. The number of nitrogens with zero attached hydrogens (tertiary/aromatic N) is 2. The molecule has 6 heteroatoms. The second-order valence-electron chi connectivity index (χ2n) is 5.51. The lowest BCUT2D eigenvalue weighted by Gasteiger charge is -2.36. The van der Waals surface area contributed by atoms with Crippen LogP contribution in [0.5, 0.6) is 0 Å². The molecule has 0 saturated heterocycles. The minimum Gasteiger partial charge on any atom is -0.350 e. The van der Waals surface area contributed by atoms with Crippen molar-refractivity contribution in [3.8, 4) is 0 Å². The molecule has 1 aliphatic rings. The van der Waals surface area contributed by atoms with Gasteiger partial charge in [0.25, 0.3) is 5.91 Å². The molecule has 0 bridgehead atoms. The summed E-state index contributed by atoms with van der Waals surface area (Å²) < 4.78 is -1.18. The quantitative estimate of drug-likeness (QED) is 0.878. The minimum atomic E-state index is -1.18. The van der Waals surface area contributed by atoms with Crippen molar-refractivity contribution in [2.45, 2.75) is 23.1 Å². The van der Waals surface area contributed by atoms with Gasteiger partial charge >= 0.3 is 0 Å². The average molecular weight is 327 g/mol. The first-order chi connectivity index (χ1) is 11.0. The van der Waals surface area contributed by atoms with Crippen LogP contribution in [-0.4, -0.2) is 28.6 Å². The topological polar surface area (TPSA) is 62.3 Å². The number of carbonyl (C=O) groups excluding carboxylic acids is 2. The summed E-state index contributed by atoms with van der Waals surface area (Å²) in [5, 5.41) is 2.84. The maximum absolute atomic E-state index is 12.7. The highest BCUT2D eigenvalue weighted by Crippen LogP contribution is 2.44. The Bertz CT molecular complexity index is 751. The van der Waals surface area contributed by atoms with Crippen molar-refractivity contribution in [3.63, 3.8) is 0 Å². The van der Waals surface area contributed by atoms with Gasteiger partial charge in [-0.3, -0.25) is 14.6 Å². The Hall–Kier alpha value is -2.34. The van der Waals surface area contributed by atoms with E-state index in [1.165, 1.54) is 11.8 Å². The molecule has 1 N–H and O–H groups in total. The molecule has 1 aromatic heterocycles. The standard InChI is InChI=1S/C17H17N3O2S/c1-17(15(21)19-11-12-6-5-9-18-10-12)16(22)20(2)13-7-3-4-8-14(13)23-17/h3-10H,11H2,1-2H3,(H,19,21)/t17-/m0/s1. The molecular formula is C17H17N3O2S. The van der Waals surface area contributed by atoms with Crippen LogP contribution in [0.2, 0.25) is 0 Å². The van der Waals surface area contributed by atoms with Gasteiger partial charge in [-0.25, -0.2) is 0 Å². The molecule has 0 fully saturated rings. The molecule has 0 aliphatic carbocycles. The molecule has 118 valence electrons. The highest BCUT2D eigenvalue weighted by Gasteiger charge is 2.48. The maximum atomic E-state index is 12.7. The van der Waals surface area contributed by atoms with Crippen LogP contribution in [0.4, 0.5) is 5.69 Å². The number of rotatable bonds is 3. The highest BCUT2D eigenvalue weighted by molar-refractivity contribution is 8.02. The summed E-state index contributed by atoms with van der Waals surface area (Å²) in [4.78, 5) is 31.8. The monoisotopic (exact) mass is 327 g/mol. The summed E-state index contributed by atoms with van der Waals surface area (Å²) in [6, 6.07) is 11.3. The number of thioether (sulfide) groups is 1. The highest BCUT2D eigenvalue weighted by atomic mass is 32.2. The molecule has 0 saturated carbocycles. The molecule has 1 aliphatic heterocycles. The smallest absolute Gasteiger partial charge is 0.252 e. The number of hydrogen-bond acceptors (Lipinski definition) is 4. The number of para-hydroxylation sites is 1. The van der Waals surface area contributed by atoms with E-state index in [0.29, 0.717) is 6.54 Å². The summed E-state index contributed by atoms with van der Waals surface area (Å²) >= 11 is 1.30.